The topological polar surface area (TPSA) is 94.1 Å². The van der Waals surface area contributed by atoms with Crippen LogP contribution in [-0.4, -0.2) is 35.8 Å². The Morgan fingerprint density at radius 3 is 2.56 bits per heavy atom. The van der Waals surface area contributed by atoms with E-state index in [-0.39, 0.29) is 24.7 Å². The van der Waals surface area contributed by atoms with Gasteiger partial charge in [-0.1, -0.05) is 24.3 Å². The number of amides is 1. The molecule has 1 amide bonds. The van der Waals surface area contributed by atoms with Crippen molar-refractivity contribution >= 4 is 11.9 Å². The zero-order valence-electron chi connectivity index (χ0n) is 18.1. The molecule has 2 aromatic rings. The van der Waals surface area contributed by atoms with Crippen molar-refractivity contribution < 1.29 is 37.7 Å². The number of carboxylic acid groups (broad SMARTS) is 1. The summed E-state index contributed by atoms with van der Waals surface area (Å²) in [6.07, 6.45) is 1.15. The number of carboxylic acids is 1. The van der Waals surface area contributed by atoms with E-state index in [2.05, 4.69) is 5.32 Å². The number of hydrogen-bond acceptors (Lipinski definition) is 5. The van der Waals surface area contributed by atoms with Gasteiger partial charge >= 0.3 is 5.97 Å². The second-order valence-corrected chi connectivity index (χ2v) is 9.50. The SMILES string of the molecule is O=C(O)C1CC(C2CC(NC(=O)C3C(c4ccc5c(c4)OCO5)C3(F)F)c3ccccc3O2)C1. The molecule has 2 saturated carbocycles. The molecule has 2 aliphatic carbocycles. The van der Waals surface area contributed by atoms with E-state index in [1.165, 1.54) is 6.07 Å². The summed E-state index contributed by atoms with van der Waals surface area (Å²) in [5, 5.41) is 12.0. The van der Waals surface area contributed by atoms with Gasteiger partial charge in [-0.25, -0.2) is 8.78 Å². The summed E-state index contributed by atoms with van der Waals surface area (Å²) in [4.78, 5) is 24.2. The Morgan fingerprint density at radius 2 is 1.76 bits per heavy atom. The van der Waals surface area contributed by atoms with Crippen LogP contribution >= 0.6 is 0 Å². The molecule has 6 rings (SSSR count). The molecular weight excluding hydrogens is 448 g/mol. The lowest BCUT2D eigenvalue weighted by atomic mass is 9.70. The smallest absolute Gasteiger partial charge is 0.306 e. The standard InChI is InChI=1S/C25H23F2NO6/c26-25(27)21(12-5-6-18-20(9-12)33-11-32-18)22(25)23(29)28-16-10-19(13-7-14(8-13)24(30)31)34-17-4-2-1-3-15(16)17/h1-6,9,13-14,16,19,21-22H,7-8,10-11H2,(H,28,29)(H,30,31). The van der Waals surface area contributed by atoms with Crippen LogP contribution in [0, 0.1) is 17.8 Å². The number of hydrogen-bond donors (Lipinski definition) is 2. The number of halogens is 2. The van der Waals surface area contributed by atoms with Crippen molar-refractivity contribution in [2.75, 3.05) is 6.79 Å². The highest BCUT2D eigenvalue weighted by Crippen LogP contribution is 2.62. The monoisotopic (exact) mass is 471 g/mol. The molecule has 4 aliphatic rings. The molecule has 2 heterocycles. The highest BCUT2D eigenvalue weighted by Gasteiger charge is 2.72. The summed E-state index contributed by atoms with van der Waals surface area (Å²) in [5.74, 6) is -6.21. The van der Waals surface area contributed by atoms with Crippen LogP contribution in [0.15, 0.2) is 42.5 Å². The van der Waals surface area contributed by atoms with Gasteiger partial charge in [0.1, 0.15) is 17.8 Å². The van der Waals surface area contributed by atoms with Gasteiger partial charge in [-0.2, -0.15) is 0 Å². The summed E-state index contributed by atoms with van der Waals surface area (Å²) >= 11 is 0. The Balaban J connectivity index is 1.19. The van der Waals surface area contributed by atoms with E-state index in [1.54, 1.807) is 18.2 Å². The van der Waals surface area contributed by atoms with E-state index in [4.69, 9.17) is 14.2 Å². The molecule has 2 N–H and O–H groups in total. The third kappa shape index (κ3) is 3.36. The van der Waals surface area contributed by atoms with E-state index in [0.29, 0.717) is 42.1 Å². The fourth-order valence-electron chi connectivity index (χ4n) is 5.47. The normalized spacial score (nSPS) is 32.1. The maximum Gasteiger partial charge on any atom is 0.306 e. The minimum absolute atomic E-state index is 0.0439. The van der Waals surface area contributed by atoms with Crippen molar-refractivity contribution in [2.24, 2.45) is 17.8 Å². The van der Waals surface area contributed by atoms with E-state index in [9.17, 15) is 23.5 Å². The van der Waals surface area contributed by atoms with Crippen LogP contribution in [0.25, 0.3) is 0 Å². The van der Waals surface area contributed by atoms with E-state index < -0.39 is 35.7 Å². The average molecular weight is 471 g/mol. The van der Waals surface area contributed by atoms with Crippen LogP contribution in [0.4, 0.5) is 8.78 Å². The number of alkyl halides is 2. The van der Waals surface area contributed by atoms with Crippen molar-refractivity contribution in [1.29, 1.82) is 0 Å². The van der Waals surface area contributed by atoms with Gasteiger partial charge in [0.15, 0.2) is 11.5 Å². The summed E-state index contributed by atoms with van der Waals surface area (Å²) in [6.45, 7) is 0.0439. The number of benzene rings is 2. The Kier molecular flexibility index (Phi) is 4.72. The lowest BCUT2D eigenvalue weighted by molar-refractivity contribution is -0.148. The zero-order chi connectivity index (χ0) is 23.6. The van der Waals surface area contributed by atoms with Crippen LogP contribution in [-0.2, 0) is 9.59 Å². The van der Waals surface area contributed by atoms with Gasteiger partial charge in [-0.15, -0.1) is 0 Å². The third-order valence-electron chi connectivity index (χ3n) is 7.50. The van der Waals surface area contributed by atoms with Gasteiger partial charge in [-0.05, 0) is 42.5 Å². The molecular formula is C25H23F2NO6. The predicted molar refractivity (Wildman–Crippen MR) is 114 cm³/mol. The fourth-order valence-corrected chi connectivity index (χ4v) is 5.47. The lowest BCUT2D eigenvalue weighted by Gasteiger charge is -2.42. The highest BCUT2D eigenvalue weighted by molar-refractivity contribution is 5.86. The van der Waals surface area contributed by atoms with Crippen molar-refractivity contribution in [3.05, 3.63) is 53.6 Å². The minimum atomic E-state index is -3.16. The van der Waals surface area contributed by atoms with Crippen molar-refractivity contribution in [3.8, 4) is 17.2 Å². The Morgan fingerprint density at radius 1 is 1.00 bits per heavy atom. The largest absolute Gasteiger partial charge is 0.490 e. The Bertz CT molecular complexity index is 1160. The maximum atomic E-state index is 14.8. The summed E-state index contributed by atoms with van der Waals surface area (Å²) in [6, 6.07) is 11.4. The summed E-state index contributed by atoms with van der Waals surface area (Å²) < 4.78 is 46.2. The number of carbonyl (C=O) groups is 2. The fraction of sp³-hybridized carbons (Fsp3) is 0.440. The van der Waals surface area contributed by atoms with Gasteiger partial charge in [0.05, 0.1) is 17.9 Å². The summed E-state index contributed by atoms with van der Waals surface area (Å²) in [7, 11) is 0. The van der Waals surface area contributed by atoms with Gasteiger partial charge in [0, 0.05) is 12.0 Å². The van der Waals surface area contributed by atoms with Crippen LogP contribution in [0.2, 0.25) is 0 Å². The first kappa shape index (κ1) is 21.2. The van der Waals surface area contributed by atoms with Gasteiger partial charge in [0.2, 0.25) is 12.7 Å². The molecule has 2 fully saturated rings. The van der Waals surface area contributed by atoms with Gasteiger partial charge in [-0.3, -0.25) is 9.59 Å². The molecule has 0 spiro atoms. The van der Waals surface area contributed by atoms with Crippen LogP contribution < -0.4 is 19.5 Å². The minimum Gasteiger partial charge on any atom is -0.490 e. The Labute approximate surface area is 194 Å². The molecule has 0 radical (unpaired) electrons. The molecule has 178 valence electrons. The van der Waals surface area contributed by atoms with Gasteiger partial charge in [0.25, 0.3) is 5.92 Å². The molecule has 2 aliphatic heterocycles. The van der Waals surface area contributed by atoms with Crippen LogP contribution in [0.1, 0.15) is 42.3 Å². The zero-order valence-corrected chi connectivity index (χ0v) is 18.1. The van der Waals surface area contributed by atoms with E-state index in [0.717, 1.165) is 5.56 Å². The predicted octanol–water partition coefficient (Wildman–Crippen LogP) is 3.88. The van der Waals surface area contributed by atoms with Crippen molar-refractivity contribution in [3.63, 3.8) is 0 Å². The van der Waals surface area contributed by atoms with Crippen LogP contribution in [0.5, 0.6) is 17.2 Å². The van der Waals surface area contributed by atoms with Gasteiger partial charge < -0.3 is 24.6 Å². The van der Waals surface area contributed by atoms with Crippen molar-refractivity contribution in [1.82, 2.24) is 5.32 Å². The number of aliphatic carboxylic acids is 1. The number of nitrogens with one attached hydrogen (secondary N) is 1. The second kappa shape index (κ2) is 7.58. The molecule has 0 aromatic heterocycles. The molecule has 0 bridgehead atoms. The first-order valence-electron chi connectivity index (χ1n) is 11.4. The third-order valence-corrected chi connectivity index (χ3v) is 7.50. The van der Waals surface area contributed by atoms with Crippen LogP contribution in [0.3, 0.4) is 0 Å². The molecule has 7 nitrogen and oxygen atoms in total. The molecule has 4 atom stereocenters. The molecule has 4 unspecified atom stereocenters. The first-order chi connectivity index (χ1) is 16.3. The number of carbonyl (C=O) groups excluding carboxylic acids is 1. The molecule has 2 aromatic carbocycles. The summed E-state index contributed by atoms with van der Waals surface area (Å²) in [5.41, 5.74) is 1.08. The van der Waals surface area contributed by atoms with E-state index in [1.807, 2.05) is 18.2 Å². The molecule has 9 heteroatoms. The number of ether oxygens (including phenoxy) is 3. The second-order valence-electron chi connectivity index (χ2n) is 9.50. The highest BCUT2D eigenvalue weighted by atomic mass is 19.3. The average Bonchev–Trinajstić information content (AvgIpc) is 3.10. The molecule has 0 saturated heterocycles. The number of fused-ring (bicyclic) bond motifs is 2. The van der Waals surface area contributed by atoms with E-state index >= 15 is 0 Å². The first-order valence-corrected chi connectivity index (χ1v) is 11.4. The lowest BCUT2D eigenvalue weighted by Crippen LogP contribution is -2.45. The quantitative estimate of drug-likeness (QED) is 0.688. The molecule has 34 heavy (non-hydrogen) atoms. The number of para-hydroxylation sites is 1. The maximum absolute atomic E-state index is 14.8. The number of rotatable bonds is 5. The van der Waals surface area contributed by atoms with Crippen molar-refractivity contribution in [2.45, 2.75) is 43.2 Å². The Hall–Kier alpha value is -3.36.